The Hall–Kier alpha value is -3.74. The lowest BCUT2D eigenvalue weighted by Crippen LogP contribution is -2.36. The van der Waals surface area contributed by atoms with E-state index in [0.29, 0.717) is 17.9 Å². The summed E-state index contributed by atoms with van der Waals surface area (Å²) in [6.45, 7) is 0.386. The lowest BCUT2D eigenvalue weighted by atomic mass is 10.2. The zero-order valence-electron chi connectivity index (χ0n) is 16.0. The van der Waals surface area contributed by atoms with Crippen LogP contribution >= 0.6 is 0 Å². The van der Waals surface area contributed by atoms with Crippen LogP contribution in [0.2, 0.25) is 0 Å². The molecule has 2 amide bonds. The van der Waals surface area contributed by atoms with Crippen molar-refractivity contribution in [3.8, 4) is 11.5 Å². The molecule has 7 nitrogen and oxygen atoms in total. The highest BCUT2D eigenvalue weighted by Crippen LogP contribution is 2.15. The molecule has 7 heteroatoms. The Labute approximate surface area is 168 Å². The highest BCUT2D eigenvalue weighted by molar-refractivity contribution is 5.95. The van der Waals surface area contributed by atoms with Crippen LogP contribution in [0.15, 0.2) is 71.3 Å². The van der Waals surface area contributed by atoms with Crippen molar-refractivity contribution in [3.63, 3.8) is 0 Å². The van der Waals surface area contributed by atoms with Crippen LogP contribution in [-0.4, -0.2) is 25.5 Å². The van der Waals surface area contributed by atoms with E-state index in [1.165, 1.54) is 6.26 Å². The van der Waals surface area contributed by atoms with Gasteiger partial charge in [0.25, 0.3) is 5.91 Å². The largest absolute Gasteiger partial charge is 0.497 e. The fourth-order valence-electron chi connectivity index (χ4n) is 2.57. The number of hydrogen-bond donors (Lipinski definition) is 2. The van der Waals surface area contributed by atoms with Crippen molar-refractivity contribution in [2.45, 2.75) is 13.2 Å². The third kappa shape index (κ3) is 5.87. The number of benzene rings is 2. The number of carbonyl (C=O) groups excluding carboxylic acids is 2. The van der Waals surface area contributed by atoms with Crippen molar-refractivity contribution in [1.82, 2.24) is 10.6 Å². The number of para-hydroxylation sites is 1. The first-order valence-corrected chi connectivity index (χ1v) is 9.08. The van der Waals surface area contributed by atoms with Crippen molar-refractivity contribution in [2.24, 2.45) is 0 Å². The first kappa shape index (κ1) is 20.0. The van der Waals surface area contributed by atoms with Gasteiger partial charge in [0, 0.05) is 12.1 Å². The smallest absolute Gasteiger partial charge is 0.287 e. The third-order valence-electron chi connectivity index (χ3n) is 4.15. The second-order valence-corrected chi connectivity index (χ2v) is 6.18. The normalized spacial score (nSPS) is 10.2. The van der Waals surface area contributed by atoms with Gasteiger partial charge in [0.2, 0.25) is 5.91 Å². The van der Waals surface area contributed by atoms with Crippen LogP contribution in [0.5, 0.6) is 11.5 Å². The Balaban J connectivity index is 1.45. The highest BCUT2D eigenvalue weighted by Gasteiger charge is 2.16. The summed E-state index contributed by atoms with van der Waals surface area (Å²) in [4.78, 5) is 24.3. The number of rotatable bonds is 9. The minimum Gasteiger partial charge on any atom is -0.497 e. The molecule has 0 unspecified atom stereocenters. The minimum absolute atomic E-state index is 0.129. The topological polar surface area (TPSA) is 89.8 Å². The maximum atomic E-state index is 12.3. The molecule has 2 aromatic carbocycles. The Kier molecular flexibility index (Phi) is 6.89. The van der Waals surface area contributed by atoms with E-state index in [1.54, 1.807) is 13.2 Å². The summed E-state index contributed by atoms with van der Waals surface area (Å²) < 4.78 is 16.0. The quantitative estimate of drug-likeness (QED) is 0.582. The van der Waals surface area contributed by atoms with E-state index in [1.807, 2.05) is 54.6 Å². The van der Waals surface area contributed by atoms with E-state index in [4.69, 9.17) is 13.9 Å². The molecule has 0 aliphatic rings. The molecular formula is C22H22N2O5. The Morgan fingerprint density at radius 3 is 2.41 bits per heavy atom. The molecule has 0 bridgehead atoms. The Bertz CT molecular complexity index is 935. The molecule has 0 saturated heterocycles. The van der Waals surface area contributed by atoms with Gasteiger partial charge in [-0.05, 0) is 35.9 Å². The van der Waals surface area contributed by atoms with Crippen molar-refractivity contribution in [1.29, 1.82) is 0 Å². The molecule has 0 saturated carbocycles. The molecule has 29 heavy (non-hydrogen) atoms. The number of hydrogen-bond acceptors (Lipinski definition) is 5. The van der Waals surface area contributed by atoms with Gasteiger partial charge in [-0.15, -0.1) is 0 Å². The van der Waals surface area contributed by atoms with Crippen LogP contribution in [0.3, 0.4) is 0 Å². The second kappa shape index (κ2) is 9.98. The van der Waals surface area contributed by atoms with Gasteiger partial charge in [-0.3, -0.25) is 9.59 Å². The summed E-state index contributed by atoms with van der Waals surface area (Å²) in [5, 5.41) is 5.31. The third-order valence-corrected chi connectivity index (χ3v) is 4.15. The average Bonchev–Trinajstić information content (AvgIpc) is 3.24. The van der Waals surface area contributed by atoms with Crippen molar-refractivity contribution in [3.05, 3.63) is 83.8 Å². The molecule has 1 aromatic heterocycles. The monoisotopic (exact) mass is 394 g/mol. The average molecular weight is 394 g/mol. The van der Waals surface area contributed by atoms with Crippen molar-refractivity contribution >= 4 is 11.8 Å². The Morgan fingerprint density at radius 2 is 1.69 bits per heavy atom. The van der Waals surface area contributed by atoms with Crippen LogP contribution < -0.4 is 20.1 Å². The van der Waals surface area contributed by atoms with E-state index in [9.17, 15) is 9.59 Å². The van der Waals surface area contributed by atoms with Gasteiger partial charge in [-0.1, -0.05) is 30.3 Å². The lowest BCUT2D eigenvalue weighted by molar-refractivity contribution is -0.120. The molecule has 3 rings (SSSR count). The van der Waals surface area contributed by atoms with E-state index >= 15 is 0 Å². The van der Waals surface area contributed by atoms with Gasteiger partial charge in [0.05, 0.1) is 19.9 Å². The summed E-state index contributed by atoms with van der Waals surface area (Å²) in [6.07, 6.45) is 1.42. The van der Waals surface area contributed by atoms with Gasteiger partial charge >= 0.3 is 0 Å². The van der Waals surface area contributed by atoms with Crippen molar-refractivity contribution < 1.29 is 23.5 Å². The van der Waals surface area contributed by atoms with Gasteiger partial charge in [-0.25, -0.2) is 0 Å². The van der Waals surface area contributed by atoms with Crippen molar-refractivity contribution in [2.75, 3.05) is 13.7 Å². The fraction of sp³-hybridized carbons (Fsp3) is 0.182. The lowest BCUT2D eigenvalue weighted by Gasteiger charge is -2.08. The Morgan fingerprint density at radius 1 is 0.931 bits per heavy atom. The van der Waals surface area contributed by atoms with Gasteiger partial charge in [0.1, 0.15) is 18.1 Å². The standard InChI is InChI=1S/C22H22N2O5/c1-27-18-9-7-16(8-10-18)13-23-20(25)14-24-22(26)21-17(11-12-28-21)15-29-19-5-3-2-4-6-19/h2-12H,13-15H2,1H3,(H,23,25)(H,24,26). The predicted octanol–water partition coefficient (Wildman–Crippen LogP) is 2.91. The molecule has 0 aliphatic heterocycles. The van der Waals surface area contributed by atoms with Gasteiger partial charge in [-0.2, -0.15) is 0 Å². The molecular weight excluding hydrogens is 372 g/mol. The summed E-state index contributed by atoms with van der Waals surface area (Å²) in [6, 6.07) is 18.3. The zero-order chi connectivity index (χ0) is 20.5. The first-order valence-electron chi connectivity index (χ1n) is 9.08. The zero-order valence-corrected chi connectivity index (χ0v) is 16.0. The number of furan rings is 1. The maximum Gasteiger partial charge on any atom is 0.287 e. The van der Waals surface area contributed by atoms with E-state index in [0.717, 1.165) is 11.3 Å². The molecule has 0 aliphatic carbocycles. The second-order valence-electron chi connectivity index (χ2n) is 6.18. The van der Waals surface area contributed by atoms with E-state index in [2.05, 4.69) is 10.6 Å². The minimum atomic E-state index is -0.471. The summed E-state index contributed by atoms with van der Waals surface area (Å²) in [5.41, 5.74) is 1.53. The molecule has 1 heterocycles. The molecule has 0 spiro atoms. The van der Waals surface area contributed by atoms with E-state index < -0.39 is 5.91 Å². The molecule has 2 N–H and O–H groups in total. The number of ether oxygens (including phenoxy) is 2. The van der Waals surface area contributed by atoms with Crippen LogP contribution in [0.25, 0.3) is 0 Å². The SMILES string of the molecule is COc1ccc(CNC(=O)CNC(=O)c2occc2COc2ccccc2)cc1. The first-order chi connectivity index (χ1) is 14.2. The summed E-state index contributed by atoms with van der Waals surface area (Å²) in [5.74, 6) is 0.795. The summed E-state index contributed by atoms with van der Waals surface area (Å²) >= 11 is 0. The number of carbonyl (C=O) groups is 2. The number of nitrogens with one attached hydrogen (secondary N) is 2. The highest BCUT2D eigenvalue weighted by atomic mass is 16.5. The fourth-order valence-corrected chi connectivity index (χ4v) is 2.57. The van der Waals surface area contributed by atoms with Crippen LogP contribution in [-0.2, 0) is 17.9 Å². The molecule has 150 valence electrons. The maximum absolute atomic E-state index is 12.3. The molecule has 0 atom stereocenters. The van der Waals surface area contributed by atoms with Crippen LogP contribution in [0.4, 0.5) is 0 Å². The van der Waals surface area contributed by atoms with Crippen LogP contribution in [0.1, 0.15) is 21.7 Å². The molecule has 3 aromatic rings. The van der Waals surface area contributed by atoms with E-state index in [-0.39, 0.29) is 24.8 Å². The molecule has 0 fully saturated rings. The molecule has 0 radical (unpaired) electrons. The number of methoxy groups -OCH3 is 1. The van der Waals surface area contributed by atoms with Crippen LogP contribution in [0, 0.1) is 0 Å². The summed E-state index contributed by atoms with van der Waals surface area (Å²) in [7, 11) is 1.59. The predicted molar refractivity (Wildman–Crippen MR) is 107 cm³/mol. The van der Waals surface area contributed by atoms with Gasteiger partial charge < -0.3 is 24.5 Å². The van der Waals surface area contributed by atoms with Gasteiger partial charge in [0.15, 0.2) is 5.76 Å². The number of amides is 2.